The zero-order valence-corrected chi connectivity index (χ0v) is 38.7. The number of carbonyl (C=O) groups excluding carboxylic acids is 2. The number of ketones is 1. The van der Waals surface area contributed by atoms with E-state index in [-0.39, 0.29) is 35.7 Å². The Bertz CT molecular complexity index is 1520. The van der Waals surface area contributed by atoms with Gasteiger partial charge in [0.1, 0.15) is 11.8 Å². The van der Waals surface area contributed by atoms with Gasteiger partial charge in [-0.2, -0.15) is 0 Å². The molecule has 2 amide bonds. The van der Waals surface area contributed by atoms with Crippen molar-refractivity contribution in [2.75, 3.05) is 12.4 Å². The number of aliphatic hydroxyl groups excluding tert-OH is 1. The zero-order chi connectivity index (χ0) is 44.4. The highest BCUT2D eigenvalue weighted by molar-refractivity contribution is 6.17. The molecule has 0 aromatic carbocycles. The average Bonchev–Trinajstić information content (AvgIpc) is 3.55. The van der Waals surface area contributed by atoms with Gasteiger partial charge in [0.25, 0.3) is 0 Å². The lowest BCUT2D eigenvalue weighted by Crippen LogP contribution is -2.66. The second-order valence-corrected chi connectivity index (χ2v) is 19.8. The van der Waals surface area contributed by atoms with E-state index in [1.165, 1.54) is 0 Å². The molecule has 5 aliphatic rings. The van der Waals surface area contributed by atoms with Crippen LogP contribution in [-0.4, -0.2) is 111 Å². The van der Waals surface area contributed by atoms with Gasteiger partial charge in [-0.15, -0.1) is 11.6 Å². The zero-order valence-electron chi connectivity index (χ0n) is 37.9. The van der Waals surface area contributed by atoms with Crippen LogP contribution in [0.2, 0.25) is 0 Å². The SMILES string of the molecule is CC[C@@H](C(=O)[C@@H](C)[C@@H](O)[C@H](C)[C@@H]1O[C@@H]([C@@H](CC)C(=O)O)CC[C@@H]1C)[C@H]1O[C@]2(C=C[C@@H](NC(=O)NCCCCl)[C@]3(CC[C@@](C)([C@H]4CC[C@](O)(CC)[C@H](C)O4)O3)O2)[C@H](C)C[C@@H]1C. The van der Waals surface area contributed by atoms with Crippen molar-refractivity contribution in [3.8, 4) is 0 Å². The maximum absolute atomic E-state index is 14.6. The number of hydrogen-bond acceptors (Lipinski definition) is 10. The van der Waals surface area contributed by atoms with Gasteiger partial charge in [-0.05, 0) is 96.0 Å². The van der Waals surface area contributed by atoms with E-state index in [2.05, 4.69) is 31.4 Å². The summed E-state index contributed by atoms with van der Waals surface area (Å²) in [5.41, 5.74) is -1.71. The van der Waals surface area contributed by atoms with Gasteiger partial charge in [0.2, 0.25) is 0 Å². The maximum atomic E-state index is 14.6. The molecule has 0 bridgehead atoms. The fourth-order valence-corrected chi connectivity index (χ4v) is 11.3. The fourth-order valence-electron chi connectivity index (χ4n) is 11.1. The number of ether oxygens (including phenoxy) is 5. The summed E-state index contributed by atoms with van der Waals surface area (Å²) in [6.45, 7) is 20.0. The largest absolute Gasteiger partial charge is 0.481 e. The lowest BCUT2D eigenvalue weighted by atomic mass is 9.72. The van der Waals surface area contributed by atoms with Crippen LogP contribution in [0, 0.1) is 41.4 Å². The van der Waals surface area contributed by atoms with Crippen LogP contribution in [0.4, 0.5) is 4.79 Å². The predicted molar refractivity (Wildman–Crippen MR) is 228 cm³/mol. The average molecular weight is 870 g/mol. The smallest absolute Gasteiger partial charge is 0.315 e. The lowest BCUT2D eigenvalue weighted by molar-refractivity contribution is -0.397. The number of urea groups is 1. The molecule has 0 saturated carbocycles. The Morgan fingerprint density at radius 2 is 1.62 bits per heavy atom. The Morgan fingerprint density at radius 1 is 0.917 bits per heavy atom. The highest BCUT2D eigenvalue weighted by Crippen LogP contribution is 2.54. The van der Waals surface area contributed by atoms with Gasteiger partial charge >= 0.3 is 12.0 Å². The Hall–Kier alpha value is -1.84. The quantitative estimate of drug-likeness (QED) is 0.0605. The number of nitrogens with one attached hydrogen (secondary N) is 2. The standard InChI is InChI=1S/C46H77ClN2O11/c1-11-32(41(52)53)34-16-15-26(4)39(57-34)30(8)37(50)29(7)38(51)33(12-2)40-27(5)25-28(6)45(58-40)20-17-35(49-42(54)48-24-14-23-47)46(60-45)22-21-43(10,59-46)36-18-19-44(55,13-3)31(9)56-36/h17,20,26-37,39-40,50,55H,11-16,18-19,21-25H2,1-10H3,(H,52,53)(H2,48,49,54)/t26-,27-,28+,29-,30-,31-,32+,33-,34+,35+,36+,37+,39+,40-,43-,44+,45-,46-/m0/s1. The van der Waals surface area contributed by atoms with Crippen LogP contribution in [0.1, 0.15) is 140 Å². The second kappa shape index (κ2) is 19.9. The lowest BCUT2D eigenvalue weighted by Gasteiger charge is -2.55. The predicted octanol–water partition coefficient (Wildman–Crippen LogP) is 7.12. The van der Waals surface area contributed by atoms with Gasteiger partial charge < -0.3 is 49.6 Å². The number of aliphatic hydroxyl groups is 2. The van der Waals surface area contributed by atoms with Crippen LogP contribution in [0.5, 0.6) is 0 Å². The van der Waals surface area contributed by atoms with Gasteiger partial charge in [0, 0.05) is 42.5 Å². The highest BCUT2D eigenvalue weighted by atomic mass is 35.5. The van der Waals surface area contributed by atoms with Crippen LogP contribution in [0.15, 0.2) is 12.2 Å². The molecule has 4 fully saturated rings. The molecule has 5 aliphatic heterocycles. The molecular weight excluding hydrogens is 792 g/mol. The van der Waals surface area contributed by atoms with Crippen molar-refractivity contribution in [1.82, 2.24) is 10.6 Å². The summed E-state index contributed by atoms with van der Waals surface area (Å²) in [4.78, 5) is 39.9. The molecule has 13 nitrogen and oxygen atoms in total. The third kappa shape index (κ3) is 9.93. The Kier molecular flexibility index (Phi) is 16.3. The molecule has 18 atom stereocenters. The van der Waals surface area contributed by atoms with E-state index >= 15 is 0 Å². The number of carbonyl (C=O) groups is 3. The minimum atomic E-state index is -1.34. The van der Waals surface area contributed by atoms with E-state index < -0.39 is 89.0 Å². The van der Waals surface area contributed by atoms with Crippen molar-refractivity contribution in [2.24, 2.45) is 41.4 Å². The minimum Gasteiger partial charge on any atom is -0.481 e. The minimum absolute atomic E-state index is 0.0218. The van der Waals surface area contributed by atoms with Gasteiger partial charge in [-0.3, -0.25) is 9.59 Å². The van der Waals surface area contributed by atoms with E-state index in [4.69, 9.17) is 35.3 Å². The molecule has 4 saturated heterocycles. The molecule has 0 unspecified atom stereocenters. The Morgan fingerprint density at radius 3 is 2.23 bits per heavy atom. The van der Waals surface area contributed by atoms with Crippen LogP contribution in [0.25, 0.3) is 0 Å². The number of rotatable bonds is 16. The van der Waals surface area contributed by atoms with Gasteiger partial charge in [-0.1, -0.05) is 61.5 Å². The maximum Gasteiger partial charge on any atom is 0.315 e. The number of Topliss-reactive ketones (excluding diaryl/α,β-unsaturated/α-hetero) is 1. The summed E-state index contributed by atoms with van der Waals surface area (Å²) in [6, 6.07) is -1.06. The fraction of sp³-hybridized carbons (Fsp3) is 0.891. The van der Waals surface area contributed by atoms with Crippen molar-refractivity contribution < 1.29 is 53.4 Å². The highest BCUT2D eigenvalue weighted by Gasteiger charge is 2.63. The van der Waals surface area contributed by atoms with Gasteiger partial charge in [0.15, 0.2) is 11.6 Å². The van der Waals surface area contributed by atoms with Crippen molar-refractivity contribution in [3.05, 3.63) is 12.2 Å². The van der Waals surface area contributed by atoms with Crippen LogP contribution >= 0.6 is 11.6 Å². The van der Waals surface area contributed by atoms with Crippen molar-refractivity contribution >= 4 is 29.4 Å². The molecule has 5 N–H and O–H groups in total. The normalized spacial score (nSPS) is 42.0. The Labute approximate surface area is 363 Å². The monoisotopic (exact) mass is 869 g/mol. The molecule has 60 heavy (non-hydrogen) atoms. The number of amides is 2. The summed E-state index contributed by atoms with van der Waals surface area (Å²) in [5.74, 6) is -5.60. The molecule has 0 aliphatic carbocycles. The molecule has 14 heteroatoms. The summed E-state index contributed by atoms with van der Waals surface area (Å²) in [5, 5.41) is 38.9. The van der Waals surface area contributed by atoms with Crippen LogP contribution in [-0.2, 0) is 33.3 Å². The van der Waals surface area contributed by atoms with E-state index in [0.717, 1.165) is 6.42 Å². The van der Waals surface area contributed by atoms with E-state index in [1.54, 1.807) is 6.92 Å². The molecule has 5 heterocycles. The summed E-state index contributed by atoms with van der Waals surface area (Å²) in [6.07, 6.45) is 7.08. The molecule has 0 radical (unpaired) electrons. The topological polar surface area (TPSA) is 182 Å². The number of carboxylic acids is 1. The summed E-state index contributed by atoms with van der Waals surface area (Å²) < 4.78 is 34.4. The number of aliphatic carboxylic acids is 1. The van der Waals surface area contributed by atoms with Gasteiger partial charge in [-0.25, -0.2) is 4.79 Å². The molecule has 0 aromatic heterocycles. The van der Waals surface area contributed by atoms with Gasteiger partial charge in [0.05, 0.1) is 53.7 Å². The van der Waals surface area contributed by atoms with Crippen LogP contribution < -0.4 is 10.6 Å². The number of alkyl halides is 1. The van der Waals surface area contributed by atoms with Crippen molar-refractivity contribution in [3.63, 3.8) is 0 Å². The number of carboxylic acid groups (broad SMARTS) is 1. The molecular formula is C46H77ClN2O11. The summed E-state index contributed by atoms with van der Waals surface area (Å²) >= 11 is 5.88. The Balaban J connectivity index is 1.38. The third-order valence-electron chi connectivity index (χ3n) is 15.4. The van der Waals surface area contributed by atoms with E-state index in [0.29, 0.717) is 76.6 Å². The number of hydrogen-bond donors (Lipinski definition) is 5. The molecule has 0 aromatic rings. The second-order valence-electron chi connectivity index (χ2n) is 19.4. The first kappa shape index (κ1) is 49.2. The number of halogens is 1. The van der Waals surface area contributed by atoms with Crippen LogP contribution in [0.3, 0.4) is 0 Å². The molecule has 344 valence electrons. The van der Waals surface area contributed by atoms with E-state index in [9.17, 15) is 29.7 Å². The van der Waals surface area contributed by atoms with Crippen molar-refractivity contribution in [1.29, 1.82) is 0 Å². The van der Waals surface area contributed by atoms with Crippen molar-refractivity contribution in [2.45, 2.75) is 205 Å². The first-order valence-corrected chi connectivity index (χ1v) is 23.6. The first-order chi connectivity index (χ1) is 28.2. The molecule has 5 rings (SSSR count). The van der Waals surface area contributed by atoms with E-state index in [1.807, 2.05) is 53.7 Å². The first-order valence-electron chi connectivity index (χ1n) is 23.1. The summed E-state index contributed by atoms with van der Waals surface area (Å²) in [7, 11) is 0. The molecule has 2 spiro atoms. The third-order valence-corrected chi connectivity index (χ3v) is 15.6.